The number of nitrogens with zero attached hydrogens (tertiary/aromatic N) is 1. The smallest absolute Gasteiger partial charge is 0.322 e. The Morgan fingerprint density at radius 3 is 2.62 bits per heavy atom. The maximum absolute atomic E-state index is 12.0. The van der Waals surface area contributed by atoms with Crippen molar-refractivity contribution in [2.24, 2.45) is 11.7 Å². The van der Waals surface area contributed by atoms with E-state index in [4.69, 9.17) is 5.73 Å². The molecule has 1 saturated heterocycles. The number of carbonyl (C=O) groups excluding carboxylic acids is 3. The van der Waals surface area contributed by atoms with Crippen LogP contribution in [0.3, 0.4) is 0 Å². The van der Waals surface area contributed by atoms with Crippen LogP contribution in [0.1, 0.15) is 12.8 Å². The molecule has 0 atom stereocenters. The van der Waals surface area contributed by atoms with Crippen LogP contribution in [0, 0.1) is 5.92 Å². The second-order valence-electron chi connectivity index (χ2n) is 4.85. The fraction of sp³-hybridized carbons (Fsp3) is 0.462. The highest BCUT2D eigenvalue weighted by Crippen LogP contribution is 2.20. The number of urea groups is 1. The number of hydrogen-bond acceptors (Lipinski definition) is 4. The molecule has 0 aromatic carbocycles. The molecule has 4 N–H and O–H groups in total. The summed E-state index contributed by atoms with van der Waals surface area (Å²) in [4.78, 5) is 36.1. The van der Waals surface area contributed by atoms with E-state index in [0.29, 0.717) is 25.9 Å². The minimum absolute atomic E-state index is 0.141. The molecule has 1 aromatic heterocycles. The van der Waals surface area contributed by atoms with Crippen LogP contribution in [0.15, 0.2) is 17.5 Å². The molecule has 0 bridgehead atoms. The van der Waals surface area contributed by atoms with Crippen molar-refractivity contribution in [3.8, 4) is 0 Å². The predicted molar refractivity (Wildman–Crippen MR) is 79.8 cm³/mol. The minimum Gasteiger partial charge on any atom is -0.368 e. The van der Waals surface area contributed by atoms with Gasteiger partial charge in [0.05, 0.1) is 11.5 Å². The van der Waals surface area contributed by atoms with Gasteiger partial charge in [-0.3, -0.25) is 14.9 Å². The average molecular weight is 310 g/mol. The van der Waals surface area contributed by atoms with Crippen molar-refractivity contribution in [3.63, 3.8) is 0 Å². The number of piperidine rings is 1. The SMILES string of the molecule is NC(=O)CNC(=O)C1CCN(C(=O)Nc2cccs2)CC1. The van der Waals surface area contributed by atoms with Gasteiger partial charge in [0.25, 0.3) is 0 Å². The molecule has 1 fully saturated rings. The Hall–Kier alpha value is -2.09. The van der Waals surface area contributed by atoms with Crippen LogP contribution in [-0.2, 0) is 9.59 Å². The molecule has 114 valence electrons. The number of nitrogens with one attached hydrogen (secondary N) is 2. The van der Waals surface area contributed by atoms with Crippen LogP contribution in [-0.4, -0.2) is 42.4 Å². The first-order valence-corrected chi connectivity index (χ1v) is 7.59. The molecule has 2 rings (SSSR count). The molecule has 21 heavy (non-hydrogen) atoms. The van der Waals surface area contributed by atoms with Gasteiger partial charge < -0.3 is 16.0 Å². The zero-order valence-corrected chi connectivity index (χ0v) is 12.3. The fourth-order valence-electron chi connectivity index (χ4n) is 2.20. The fourth-order valence-corrected chi connectivity index (χ4v) is 2.80. The van der Waals surface area contributed by atoms with Crippen molar-refractivity contribution in [2.45, 2.75) is 12.8 Å². The molecular formula is C13H18N4O3S. The summed E-state index contributed by atoms with van der Waals surface area (Å²) in [5, 5.41) is 8.02. The van der Waals surface area contributed by atoms with Gasteiger partial charge in [-0.15, -0.1) is 11.3 Å². The van der Waals surface area contributed by atoms with Crippen molar-refractivity contribution in [1.29, 1.82) is 0 Å². The van der Waals surface area contributed by atoms with Gasteiger partial charge in [0, 0.05) is 19.0 Å². The number of anilines is 1. The van der Waals surface area contributed by atoms with Crippen LogP contribution in [0.25, 0.3) is 0 Å². The first-order valence-electron chi connectivity index (χ1n) is 6.71. The molecule has 0 unspecified atom stereocenters. The lowest BCUT2D eigenvalue weighted by Gasteiger charge is -2.31. The van der Waals surface area contributed by atoms with Gasteiger partial charge in [-0.1, -0.05) is 0 Å². The van der Waals surface area contributed by atoms with E-state index in [-0.39, 0.29) is 24.4 Å². The van der Waals surface area contributed by atoms with Crippen molar-refractivity contribution < 1.29 is 14.4 Å². The van der Waals surface area contributed by atoms with Crippen molar-refractivity contribution >= 4 is 34.2 Å². The van der Waals surface area contributed by atoms with E-state index in [2.05, 4.69) is 10.6 Å². The molecule has 4 amide bonds. The van der Waals surface area contributed by atoms with Gasteiger partial charge in [-0.25, -0.2) is 4.79 Å². The highest BCUT2D eigenvalue weighted by atomic mass is 32.1. The van der Waals surface area contributed by atoms with E-state index in [1.54, 1.807) is 4.90 Å². The van der Waals surface area contributed by atoms with E-state index >= 15 is 0 Å². The average Bonchev–Trinajstić information content (AvgIpc) is 2.97. The van der Waals surface area contributed by atoms with E-state index in [1.807, 2.05) is 17.5 Å². The quantitative estimate of drug-likeness (QED) is 0.758. The normalized spacial score (nSPS) is 15.5. The first-order chi connectivity index (χ1) is 10.1. The molecule has 7 nitrogen and oxygen atoms in total. The lowest BCUT2D eigenvalue weighted by atomic mass is 9.96. The monoisotopic (exact) mass is 310 g/mol. The summed E-state index contributed by atoms with van der Waals surface area (Å²) in [5.74, 6) is -0.904. The van der Waals surface area contributed by atoms with E-state index < -0.39 is 5.91 Å². The molecule has 1 aliphatic heterocycles. The molecule has 1 aromatic rings. The Kier molecular flexibility index (Phi) is 5.15. The molecule has 8 heteroatoms. The molecule has 0 saturated carbocycles. The van der Waals surface area contributed by atoms with Gasteiger partial charge >= 0.3 is 6.03 Å². The van der Waals surface area contributed by atoms with Gasteiger partial charge in [0.15, 0.2) is 0 Å². The Balaban J connectivity index is 1.76. The maximum Gasteiger partial charge on any atom is 0.322 e. The topological polar surface area (TPSA) is 105 Å². The molecule has 1 aliphatic rings. The van der Waals surface area contributed by atoms with Crippen LogP contribution >= 0.6 is 11.3 Å². The van der Waals surface area contributed by atoms with Gasteiger partial charge in [0.1, 0.15) is 0 Å². The Morgan fingerprint density at radius 2 is 2.05 bits per heavy atom. The Bertz CT molecular complexity index is 509. The summed E-state index contributed by atoms with van der Waals surface area (Å²) in [6.45, 7) is 0.898. The predicted octanol–water partition coefficient (Wildman–Crippen LogP) is 0.593. The van der Waals surface area contributed by atoms with E-state index in [0.717, 1.165) is 5.00 Å². The van der Waals surface area contributed by atoms with E-state index in [1.165, 1.54) is 11.3 Å². The van der Waals surface area contributed by atoms with Gasteiger partial charge in [-0.2, -0.15) is 0 Å². The number of hydrogen-bond donors (Lipinski definition) is 3. The number of primary amides is 1. The lowest BCUT2D eigenvalue weighted by Crippen LogP contribution is -2.45. The summed E-state index contributed by atoms with van der Waals surface area (Å²) in [7, 11) is 0. The third kappa shape index (κ3) is 4.45. The lowest BCUT2D eigenvalue weighted by molar-refractivity contribution is -0.128. The highest BCUT2D eigenvalue weighted by molar-refractivity contribution is 7.14. The van der Waals surface area contributed by atoms with Gasteiger partial charge in [0.2, 0.25) is 11.8 Å². The molecular weight excluding hydrogens is 292 g/mol. The Morgan fingerprint density at radius 1 is 1.33 bits per heavy atom. The summed E-state index contributed by atoms with van der Waals surface area (Å²) in [6, 6.07) is 3.57. The number of rotatable bonds is 4. The zero-order chi connectivity index (χ0) is 15.2. The van der Waals surface area contributed by atoms with Crippen molar-refractivity contribution in [3.05, 3.63) is 17.5 Å². The van der Waals surface area contributed by atoms with Crippen LogP contribution in [0.4, 0.5) is 9.80 Å². The summed E-state index contributed by atoms with van der Waals surface area (Å²) in [5.41, 5.74) is 4.98. The maximum atomic E-state index is 12.0. The largest absolute Gasteiger partial charge is 0.368 e. The summed E-state index contributed by atoms with van der Waals surface area (Å²) >= 11 is 1.46. The van der Waals surface area contributed by atoms with Gasteiger partial charge in [-0.05, 0) is 30.4 Å². The van der Waals surface area contributed by atoms with Crippen LogP contribution < -0.4 is 16.4 Å². The third-order valence-corrected chi connectivity index (χ3v) is 4.13. The number of likely N-dealkylation sites (tertiary alicyclic amines) is 1. The number of nitrogens with two attached hydrogens (primary N) is 1. The van der Waals surface area contributed by atoms with E-state index in [9.17, 15) is 14.4 Å². The number of amides is 4. The Labute approximate surface area is 126 Å². The highest BCUT2D eigenvalue weighted by Gasteiger charge is 2.27. The van der Waals surface area contributed by atoms with Crippen molar-refractivity contribution in [2.75, 3.05) is 25.0 Å². The first kappa shape index (κ1) is 15.3. The molecule has 0 aliphatic carbocycles. The second kappa shape index (κ2) is 7.07. The summed E-state index contributed by atoms with van der Waals surface area (Å²) in [6.07, 6.45) is 1.17. The standard InChI is InChI=1S/C13H18N4O3S/c14-10(18)8-15-12(19)9-3-5-17(6-4-9)13(20)16-11-2-1-7-21-11/h1-2,7,9H,3-6,8H2,(H2,14,18)(H,15,19)(H,16,20). The third-order valence-electron chi connectivity index (χ3n) is 3.34. The number of thiophene rings is 1. The summed E-state index contributed by atoms with van der Waals surface area (Å²) < 4.78 is 0. The molecule has 0 spiro atoms. The second-order valence-corrected chi connectivity index (χ2v) is 5.80. The van der Waals surface area contributed by atoms with Crippen LogP contribution in [0.2, 0.25) is 0 Å². The molecule has 0 radical (unpaired) electrons. The minimum atomic E-state index is -0.559. The zero-order valence-electron chi connectivity index (χ0n) is 11.5. The van der Waals surface area contributed by atoms with Crippen LogP contribution in [0.5, 0.6) is 0 Å². The molecule has 2 heterocycles. The number of carbonyl (C=O) groups is 3. The van der Waals surface area contributed by atoms with Crippen molar-refractivity contribution in [1.82, 2.24) is 10.2 Å².